The smallest absolute Gasteiger partial charge is 0.323 e. The third-order valence-corrected chi connectivity index (χ3v) is 4.35. The van der Waals surface area contributed by atoms with Crippen molar-refractivity contribution in [2.45, 2.75) is 56.8 Å². The van der Waals surface area contributed by atoms with Crippen molar-refractivity contribution in [2.75, 3.05) is 5.75 Å². The molecule has 1 aromatic rings. The number of thioether (sulfide) groups is 1. The first kappa shape index (κ1) is 17.0. The lowest BCUT2D eigenvalue weighted by molar-refractivity contribution is -0.145. The van der Waals surface area contributed by atoms with E-state index in [0.717, 1.165) is 17.3 Å². The maximum atomic E-state index is 11.6. The second-order valence-corrected chi connectivity index (χ2v) is 6.22. The molecule has 0 aromatic carbocycles. The maximum Gasteiger partial charge on any atom is 0.323 e. The van der Waals surface area contributed by atoms with E-state index in [0.29, 0.717) is 12.8 Å². The van der Waals surface area contributed by atoms with Crippen molar-refractivity contribution in [2.24, 2.45) is 7.05 Å². The topological polar surface area (TPSA) is 80.0 Å². The summed E-state index contributed by atoms with van der Waals surface area (Å²) in [5.74, 6) is 0.0683. The quantitative estimate of drug-likeness (QED) is 0.536. The number of hydrogen-bond acceptors (Lipinski definition) is 5. The first-order chi connectivity index (χ1) is 9.41. The number of hydrogen-bond donors (Lipinski definition) is 2. The molecule has 0 bridgehead atoms. The highest BCUT2D eigenvalue weighted by Crippen LogP contribution is 2.22. The number of aliphatic carboxylic acids is 1. The minimum atomic E-state index is -0.825. The zero-order valence-corrected chi connectivity index (χ0v) is 13.4. The Morgan fingerprint density at radius 1 is 1.60 bits per heavy atom. The fraction of sp³-hybridized carbons (Fsp3) is 0.769. The molecule has 20 heavy (non-hydrogen) atoms. The summed E-state index contributed by atoms with van der Waals surface area (Å²) >= 11 is 1.60. The molecule has 114 valence electrons. The van der Waals surface area contributed by atoms with Gasteiger partial charge in [-0.15, -0.1) is 0 Å². The van der Waals surface area contributed by atoms with E-state index in [4.69, 9.17) is 0 Å². The van der Waals surface area contributed by atoms with Crippen molar-refractivity contribution in [3.05, 3.63) is 6.33 Å². The van der Waals surface area contributed by atoms with Crippen LogP contribution in [-0.4, -0.2) is 43.2 Å². The second-order valence-electron chi connectivity index (χ2n) is 5.16. The summed E-state index contributed by atoms with van der Waals surface area (Å²) in [5, 5.41) is 17.6. The Kier molecular flexibility index (Phi) is 6.48. The number of nitrogens with one attached hydrogen (secondary N) is 1. The highest BCUT2D eigenvalue weighted by atomic mass is 32.2. The van der Waals surface area contributed by atoms with Crippen LogP contribution in [0.2, 0.25) is 0 Å². The molecule has 0 saturated heterocycles. The Balaban J connectivity index is 2.50. The third-order valence-electron chi connectivity index (χ3n) is 3.23. The Morgan fingerprint density at radius 3 is 2.75 bits per heavy atom. The van der Waals surface area contributed by atoms with Crippen molar-refractivity contribution in [3.8, 4) is 0 Å². The molecule has 1 rings (SSSR count). The summed E-state index contributed by atoms with van der Waals surface area (Å²) in [6, 6.07) is 0.150. The summed E-state index contributed by atoms with van der Waals surface area (Å²) in [4.78, 5) is 15.7. The average Bonchev–Trinajstić information content (AvgIpc) is 2.78. The minimum absolute atomic E-state index is 0.150. The van der Waals surface area contributed by atoms with Crippen LogP contribution in [0, 0.1) is 0 Å². The van der Waals surface area contributed by atoms with Gasteiger partial charge in [0.05, 0.1) is 0 Å². The van der Waals surface area contributed by atoms with Crippen LogP contribution in [0.4, 0.5) is 0 Å². The van der Waals surface area contributed by atoms with Gasteiger partial charge >= 0.3 is 5.97 Å². The normalized spacial score (nSPS) is 14.4. The SMILES string of the molecule is CCC(CCCSc1ncnn1C)(NC(C)C)C(=O)O. The predicted octanol–water partition coefficient (Wildman–Crippen LogP) is 1.92. The molecule has 0 amide bonds. The number of aryl methyl sites for hydroxylation is 1. The largest absolute Gasteiger partial charge is 0.480 e. The molecule has 0 fully saturated rings. The highest BCUT2D eigenvalue weighted by Gasteiger charge is 2.36. The van der Waals surface area contributed by atoms with Gasteiger partial charge in [-0.25, -0.2) is 9.67 Å². The average molecular weight is 300 g/mol. The summed E-state index contributed by atoms with van der Waals surface area (Å²) < 4.78 is 1.72. The molecular formula is C13H24N4O2S. The van der Waals surface area contributed by atoms with Crippen LogP contribution in [0.15, 0.2) is 11.5 Å². The van der Waals surface area contributed by atoms with Gasteiger partial charge in [0.15, 0.2) is 5.16 Å². The maximum absolute atomic E-state index is 11.6. The number of carbonyl (C=O) groups is 1. The predicted molar refractivity (Wildman–Crippen MR) is 79.9 cm³/mol. The van der Waals surface area contributed by atoms with Crippen LogP contribution in [0.1, 0.15) is 40.0 Å². The minimum Gasteiger partial charge on any atom is -0.480 e. The summed E-state index contributed by atoms with van der Waals surface area (Å²) in [5.41, 5.74) is -0.825. The van der Waals surface area contributed by atoms with Crippen molar-refractivity contribution in [1.82, 2.24) is 20.1 Å². The number of carboxylic acid groups (broad SMARTS) is 1. The molecule has 1 aromatic heterocycles. The number of carboxylic acids is 1. The molecule has 1 heterocycles. The molecule has 0 aliphatic carbocycles. The van der Waals surface area contributed by atoms with E-state index in [1.807, 2.05) is 27.8 Å². The molecule has 2 N–H and O–H groups in total. The van der Waals surface area contributed by atoms with Crippen molar-refractivity contribution in [1.29, 1.82) is 0 Å². The molecule has 0 saturated carbocycles. The zero-order valence-electron chi connectivity index (χ0n) is 12.6. The van der Waals surface area contributed by atoms with Crippen LogP contribution < -0.4 is 5.32 Å². The Morgan fingerprint density at radius 2 is 2.30 bits per heavy atom. The van der Waals surface area contributed by atoms with Crippen molar-refractivity contribution < 1.29 is 9.90 Å². The van der Waals surface area contributed by atoms with Crippen molar-refractivity contribution >= 4 is 17.7 Å². The zero-order chi connectivity index (χ0) is 15.2. The van der Waals surface area contributed by atoms with Gasteiger partial charge in [0.25, 0.3) is 0 Å². The van der Waals surface area contributed by atoms with Crippen molar-refractivity contribution in [3.63, 3.8) is 0 Å². The molecule has 6 nitrogen and oxygen atoms in total. The van der Waals surface area contributed by atoms with E-state index >= 15 is 0 Å². The lowest BCUT2D eigenvalue weighted by atomic mass is 9.90. The molecule has 1 atom stereocenters. The summed E-state index contributed by atoms with van der Waals surface area (Å²) in [7, 11) is 1.85. The third kappa shape index (κ3) is 4.49. The van der Waals surface area contributed by atoms with Gasteiger partial charge in [-0.1, -0.05) is 18.7 Å². The van der Waals surface area contributed by atoms with E-state index < -0.39 is 11.5 Å². The van der Waals surface area contributed by atoms with E-state index in [2.05, 4.69) is 15.4 Å². The molecule has 0 aliphatic heterocycles. The van der Waals surface area contributed by atoms with Gasteiger partial charge < -0.3 is 5.11 Å². The van der Waals surface area contributed by atoms with E-state index in [-0.39, 0.29) is 6.04 Å². The van der Waals surface area contributed by atoms with Gasteiger partial charge in [0.2, 0.25) is 0 Å². The van der Waals surface area contributed by atoms with Crippen LogP contribution in [0.5, 0.6) is 0 Å². The molecule has 0 radical (unpaired) electrons. The standard InChI is InChI=1S/C13H24N4O2S/c1-5-13(11(18)19,16-10(2)3)7-6-8-20-12-14-9-15-17(12)4/h9-10,16H,5-8H2,1-4H3,(H,18,19). The van der Waals surface area contributed by atoms with Gasteiger partial charge in [-0.3, -0.25) is 10.1 Å². The lowest BCUT2D eigenvalue weighted by Crippen LogP contribution is -2.54. The van der Waals surface area contributed by atoms with Crippen LogP contribution in [0.25, 0.3) is 0 Å². The molecule has 0 spiro atoms. The molecule has 0 aliphatic rings. The van der Waals surface area contributed by atoms with Gasteiger partial charge in [-0.05, 0) is 33.1 Å². The van der Waals surface area contributed by atoms with Crippen LogP contribution >= 0.6 is 11.8 Å². The molecular weight excluding hydrogens is 276 g/mol. The fourth-order valence-corrected chi connectivity index (χ4v) is 3.00. The van der Waals surface area contributed by atoms with E-state index in [9.17, 15) is 9.90 Å². The number of rotatable bonds is 9. The first-order valence-electron chi connectivity index (χ1n) is 6.89. The summed E-state index contributed by atoms with van der Waals surface area (Å²) in [6.07, 6.45) is 3.53. The van der Waals surface area contributed by atoms with Gasteiger partial charge in [0, 0.05) is 18.8 Å². The van der Waals surface area contributed by atoms with Gasteiger partial charge in [-0.2, -0.15) is 5.10 Å². The van der Waals surface area contributed by atoms with E-state index in [1.54, 1.807) is 16.4 Å². The van der Waals surface area contributed by atoms with Gasteiger partial charge in [0.1, 0.15) is 11.9 Å². The van der Waals surface area contributed by atoms with Crippen LogP contribution in [0.3, 0.4) is 0 Å². The Hall–Kier alpha value is -1.08. The van der Waals surface area contributed by atoms with Crippen LogP contribution in [-0.2, 0) is 11.8 Å². The number of aromatic nitrogens is 3. The number of nitrogens with zero attached hydrogens (tertiary/aromatic N) is 3. The molecule has 1 unspecified atom stereocenters. The second kappa shape index (κ2) is 7.64. The highest BCUT2D eigenvalue weighted by molar-refractivity contribution is 7.99. The molecule has 7 heteroatoms. The fourth-order valence-electron chi connectivity index (χ4n) is 2.18. The Labute approximate surface area is 124 Å². The monoisotopic (exact) mass is 300 g/mol. The lowest BCUT2D eigenvalue weighted by Gasteiger charge is -2.31. The Bertz CT molecular complexity index is 436. The first-order valence-corrected chi connectivity index (χ1v) is 7.87. The van der Waals surface area contributed by atoms with E-state index in [1.165, 1.54) is 6.33 Å². The summed E-state index contributed by atoms with van der Waals surface area (Å²) in [6.45, 7) is 5.86.